The van der Waals surface area contributed by atoms with Crippen LogP contribution in [0.15, 0.2) is 0 Å². The first-order valence-electron chi connectivity index (χ1n) is 6.73. The van der Waals surface area contributed by atoms with Crippen LogP contribution in [0.25, 0.3) is 0 Å². The molecule has 1 atom stereocenters. The van der Waals surface area contributed by atoms with Crippen molar-refractivity contribution in [2.75, 3.05) is 26.8 Å². The first kappa shape index (κ1) is 12.8. The molecule has 98 valence electrons. The Morgan fingerprint density at radius 3 is 2.94 bits per heavy atom. The van der Waals surface area contributed by atoms with Gasteiger partial charge in [-0.25, -0.2) is 0 Å². The molecule has 1 saturated heterocycles. The molecule has 0 aromatic rings. The minimum absolute atomic E-state index is 0.202. The Labute approximate surface area is 103 Å². The first-order valence-corrected chi connectivity index (χ1v) is 6.73. The SMILES string of the molecule is COCCC1(CNC(=O)CC2CCCN2)CC1. The van der Waals surface area contributed by atoms with E-state index in [-0.39, 0.29) is 5.91 Å². The Morgan fingerprint density at radius 2 is 2.35 bits per heavy atom. The van der Waals surface area contributed by atoms with E-state index >= 15 is 0 Å². The molecule has 2 fully saturated rings. The van der Waals surface area contributed by atoms with Crippen molar-refractivity contribution in [3.05, 3.63) is 0 Å². The number of carbonyl (C=O) groups excluding carboxylic acids is 1. The van der Waals surface area contributed by atoms with E-state index in [1.54, 1.807) is 7.11 Å². The summed E-state index contributed by atoms with van der Waals surface area (Å²) in [4.78, 5) is 11.8. The number of methoxy groups -OCH3 is 1. The average Bonchev–Trinajstić information content (AvgIpc) is 2.92. The van der Waals surface area contributed by atoms with Crippen LogP contribution in [-0.2, 0) is 9.53 Å². The van der Waals surface area contributed by atoms with E-state index in [0.717, 1.165) is 32.5 Å². The smallest absolute Gasteiger partial charge is 0.221 e. The van der Waals surface area contributed by atoms with Crippen molar-refractivity contribution < 1.29 is 9.53 Å². The summed E-state index contributed by atoms with van der Waals surface area (Å²) in [6.45, 7) is 2.71. The Hall–Kier alpha value is -0.610. The molecular weight excluding hydrogens is 216 g/mol. The standard InChI is InChI=1S/C13H24N2O2/c1-17-8-6-13(4-5-13)10-15-12(16)9-11-3-2-7-14-11/h11,14H,2-10H2,1H3,(H,15,16). The van der Waals surface area contributed by atoms with Gasteiger partial charge in [-0.1, -0.05) is 0 Å². The third kappa shape index (κ3) is 3.96. The minimum atomic E-state index is 0.202. The molecule has 2 N–H and O–H groups in total. The Kier molecular flexibility index (Phi) is 4.40. The lowest BCUT2D eigenvalue weighted by molar-refractivity contribution is -0.121. The van der Waals surface area contributed by atoms with E-state index in [1.165, 1.54) is 19.3 Å². The second-order valence-electron chi connectivity index (χ2n) is 5.52. The molecule has 0 spiro atoms. The van der Waals surface area contributed by atoms with Crippen LogP contribution in [0, 0.1) is 5.41 Å². The van der Waals surface area contributed by atoms with Crippen LogP contribution in [-0.4, -0.2) is 38.8 Å². The van der Waals surface area contributed by atoms with E-state index in [4.69, 9.17) is 4.74 Å². The highest BCUT2D eigenvalue weighted by Crippen LogP contribution is 2.48. The van der Waals surface area contributed by atoms with Gasteiger partial charge < -0.3 is 15.4 Å². The fourth-order valence-electron chi connectivity index (χ4n) is 2.52. The molecule has 1 aliphatic heterocycles. The van der Waals surface area contributed by atoms with Crippen molar-refractivity contribution in [1.82, 2.24) is 10.6 Å². The van der Waals surface area contributed by atoms with Crippen molar-refractivity contribution in [1.29, 1.82) is 0 Å². The quantitative estimate of drug-likeness (QED) is 0.699. The third-order valence-electron chi connectivity index (χ3n) is 4.05. The van der Waals surface area contributed by atoms with E-state index in [1.807, 2.05) is 0 Å². The molecule has 0 bridgehead atoms. The van der Waals surface area contributed by atoms with Crippen molar-refractivity contribution in [3.8, 4) is 0 Å². The number of rotatable bonds is 7. The molecular formula is C13H24N2O2. The third-order valence-corrected chi connectivity index (χ3v) is 4.05. The molecule has 1 amide bonds. The van der Waals surface area contributed by atoms with Crippen LogP contribution in [0.1, 0.15) is 38.5 Å². The molecule has 4 heteroatoms. The van der Waals surface area contributed by atoms with E-state index in [2.05, 4.69) is 10.6 Å². The van der Waals surface area contributed by atoms with Crippen molar-refractivity contribution in [2.24, 2.45) is 5.41 Å². The highest BCUT2D eigenvalue weighted by Gasteiger charge is 2.42. The summed E-state index contributed by atoms with van der Waals surface area (Å²) in [5.41, 5.74) is 0.356. The number of hydrogen-bond acceptors (Lipinski definition) is 3. The predicted molar refractivity (Wildman–Crippen MR) is 66.8 cm³/mol. The summed E-state index contributed by atoms with van der Waals surface area (Å²) in [7, 11) is 1.74. The molecule has 0 aromatic heterocycles. The maximum atomic E-state index is 11.8. The fraction of sp³-hybridized carbons (Fsp3) is 0.923. The van der Waals surface area contributed by atoms with Gasteiger partial charge in [-0.15, -0.1) is 0 Å². The summed E-state index contributed by atoms with van der Waals surface area (Å²) >= 11 is 0. The molecule has 17 heavy (non-hydrogen) atoms. The van der Waals surface area contributed by atoms with Crippen LogP contribution in [0.5, 0.6) is 0 Å². The van der Waals surface area contributed by atoms with Crippen LogP contribution < -0.4 is 10.6 Å². The maximum absolute atomic E-state index is 11.8. The molecule has 1 unspecified atom stereocenters. The van der Waals surface area contributed by atoms with Crippen LogP contribution in [0.3, 0.4) is 0 Å². The fourth-order valence-corrected chi connectivity index (χ4v) is 2.52. The monoisotopic (exact) mass is 240 g/mol. The van der Waals surface area contributed by atoms with Crippen LogP contribution in [0.4, 0.5) is 0 Å². The second-order valence-corrected chi connectivity index (χ2v) is 5.52. The van der Waals surface area contributed by atoms with Gasteiger partial charge in [0.25, 0.3) is 0 Å². The van der Waals surface area contributed by atoms with Gasteiger partial charge in [-0.3, -0.25) is 4.79 Å². The Morgan fingerprint density at radius 1 is 1.53 bits per heavy atom. The van der Waals surface area contributed by atoms with Crippen molar-refractivity contribution in [3.63, 3.8) is 0 Å². The number of carbonyl (C=O) groups is 1. The molecule has 1 aliphatic carbocycles. The van der Waals surface area contributed by atoms with Gasteiger partial charge in [-0.05, 0) is 44.1 Å². The Bertz CT molecular complexity index is 258. The zero-order valence-corrected chi connectivity index (χ0v) is 10.8. The van der Waals surface area contributed by atoms with Gasteiger partial charge in [-0.2, -0.15) is 0 Å². The molecule has 0 aromatic carbocycles. The lowest BCUT2D eigenvalue weighted by atomic mass is 10.0. The van der Waals surface area contributed by atoms with E-state index < -0.39 is 0 Å². The zero-order valence-electron chi connectivity index (χ0n) is 10.8. The predicted octanol–water partition coefficient (Wildman–Crippen LogP) is 1.06. The molecule has 2 rings (SSSR count). The van der Waals surface area contributed by atoms with Crippen LogP contribution in [0.2, 0.25) is 0 Å². The van der Waals surface area contributed by atoms with Gasteiger partial charge in [0, 0.05) is 32.7 Å². The van der Waals surface area contributed by atoms with Crippen LogP contribution >= 0.6 is 0 Å². The molecule has 4 nitrogen and oxygen atoms in total. The molecule has 2 aliphatic rings. The zero-order chi connectivity index (χ0) is 12.1. The number of ether oxygens (including phenoxy) is 1. The van der Waals surface area contributed by atoms with Gasteiger partial charge >= 0.3 is 0 Å². The summed E-state index contributed by atoms with van der Waals surface area (Å²) < 4.78 is 5.11. The van der Waals surface area contributed by atoms with Gasteiger partial charge in [0.2, 0.25) is 5.91 Å². The summed E-state index contributed by atoms with van der Waals surface area (Å²) in [5.74, 6) is 0.202. The first-order chi connectivity index (χ1) is 8.24. The van der Waals surface area contributed by atoms with Crippen molar-refractivity contribution >= 4 is 5.91 Å². The summed E-state index contributed by atoms with van der Waals surface area (Å²) in [6, 6.07) is 0.407. The largest absolute Gasteiger partial charge is 0.385 e. The molecule has 1 heterocycles. The summed E-state index contributed by atoms with van der Waals surface area (Å²) in [6.07, 6.45) is 6.53. The number of hydrogen-bond donors (Lipinski definition) is 2. The Balaban J connectivity index is 1.62. The molecule has 1 saturated carbocycles. The maximum Gasteiger partial charge on any atom is 0.221 e. The molecule has 0 radical (unpaired) electrons. The second kappa shape index (κ2) is 5.83. The highest BCUT2D eigenvalue weighted by atomic mass is 16.5. The number of nitrogens with one attached hydrogen (secondary N) is 2. The summed E-state index contributed by atoms with van der Waals surface area (Å²) in [5, 5.41) is 6.44. The number of amides is 1. The van der Waals surface area contributed by atoms with E-state index in [0.29, 0.717) is 17.9 Å². The average molecular weight is 240 g/mol. The van der Waals surface area contributed by atoms with Gasteiger partial charge in [0.15, 0.2) is 0 Å². The normalized spacial score (nSPS) is 25.8. The lowest BCUT2D eigenvalue weighted by Crippen LogP contribution is -2.35. The minimum Gasteiger partial charge on any atom is -0.385 e. The van der Waals surface area contributed by atoms with Gasteiger partial charge in [0.1, 0.15) is 0 Å². The van der Waals surface area contributed by atoms with Crippen molar-refractivity contribution in [2.45, 2.75) is 44.6 Å². The van der Waals surface area contributed by atoms with Gasteiger partial charge in [0.05, 0.1) is 0 Å². The highest BCUT2D eigenvalue weighted by molar-refractivity contribution is 5.76. The topological polar surface area (TPSA) is 50.4 Å². The van der Waals surface area contributed by atoms with E-state index in [9.17, 15) is 4.79 Å². The lowest BCUT2D eigenvalue weighted by Gasteiger charge is -2.16.